The number of hydrogen-bond acceptors (Lipinski definition) is 6. The van der Waals surface area contributed by atoms with E-state index in [-0.39, 0.29) is 13.2 Å². The van der Waals surface area contributed by atoms with Crippen molar-refractivity contribution in [2.75, 3.05) is 20.8 Å². The Kier molecular flexibility index (Phi) is 5.41. The van der Waals surface area contributed by atoms with E-state index in [0.717, 1.165) is 0 Å². The van der Waals surface area contributed by atoms with Crippen molar-refractivity contribution < 1.29 is 24.1 Å². The highest BCUT2D eigenvalue weighted by molar-refractivity contribution is 5.75. The van der Waals surface area contributed by atoms with Crippen LogP contribution in [0.5, 0.6) is 11.5 Å². The molecule has 0 bridgehead atoms. The van der Waals surface area contributed by atoms with Crippen molar-refractivity contribution in [3.63, 3.8) is 0 Å². The second kappa shape index (κ2) is 6.83. The normalized spacial score (nSPS) is 11.8. The quantitative estimate of drug-likeness (QED) is 0.699. The van der Waals surface area contributed by atoms with Crippen LogP contribution in [-0.4, -0.2) is 37.9 Å². The highest BCUT2D eigenvalue weighted by atomic mass is 16.5. The molecule has 1 aromatic carbocycles. The molecule has 0 radical (unpaired) electrons. The fourth-order valence-corrected chi connectivity index (χ4v) is 1.33. The first-order valence-corrected chi connectivity index (χ1v) is 5.36. The molecule has 0 fully saturated rings. The summed E-state index contributed by atoms with van der Waals surface area (Å²) in [4.78, 5) is 11.1. The maximum atomic E-state index is 11.1. The summed E-state index contributed by atoms with van der Waals surface area (Å²) in [6, 6.07) is 4.15. The van der Waals surface area contributed by atoms with Gasteiger partial charge in [0.05, 0.1) is 20.8 Å². The number of esters is 1. The fraction of sp³-hybridized carbons (Fsp3) is 0.417. The molecule has 1 unspecified atom stereocenters. The standard InChI is InChI=1S/C12H17NO5/c1-16-11-5-8(6-14)3-4-10(11)18-7-9(13)12(15)17-2/h3-5,9,14H,6-7,13H2,1-2H3. The van der Waals surface area contributed by atoms with Gasteiger partial charge in [-0.25, -0.2) is 0 Å². The van der Waals surface area contributed by atoms with Crippen LogP contribution in [0.3, 0.4) is 0 Å². The number of benzene rings is 1. The molecule has 0 amide bonds. The Hall–Kier alpha value is -1.79. The SMILES string of the molecule is COC(=O)C(N)COc1ccc(CO)cc1OC. The topological polar surface area (TPSA) is 91.0 Å². The number of methoxy groups -OCH3 is 2. The van der Waals surface area contributed by atoms with Crippen LogP contribution in [0.1, 0.15) is 5.56 Å². The van der Waals surface area contributed by atoms with E-state index in [0.29, 0.717) is 17.1 Å². The molecule has 0 heterocycles. The summed E-state index contributed by atoms with van der Waals surface area (Å²) < 4.78 is 15.0. The molecular weight excluding hydrogens is 238 g/mol. The number of hydrogen-bond donors (Lipinski definition) is 2. The van der Waals surface area contributed by atoms with Crippen LogP contribution in [0.15, 0.2) is 18.2 Å². The molecule has 0 spiro atoms. The lowest BCUT2D eigenvalue weighted by molar-refractivity contribution is -0.142. The van der Waals surface area contributed by atoms with Gasteiger partial charge in [0.1, 0.15) is 12.6 Å². The maximum Gasteiger partial charge on any atom is 0.326 e. The zero-order valence-electron chi connectivity index (χ0n) is 10.4. The molecule has 0 saturated heterocycles. The lowest BCUT2D eigenvalue weighted by Crippen LogP contribution is -2.37. The van der Waals surface area contributed by atoms with E-state index in [1.807, 2.05) is 0 Å². The Bertz CT molecular complexity index is 407. The highest BCUT2D eigenvalue weighted by Gasteiger charge is 2.15. The van der Waals surface area contributed by atoms with Crippen LogP contribution < -0.4 is 15.2 Å². The van der Waals surface area contributed by atoms with Gasteiger partial charge in [-0.15, -0.1) is 0 Å². The molecule has 0 saturated carbocycles. The summed E-state index contributed by atoms with van der Waals surface area (Å²) in [6.45, 7) is -0.0974. The molecule has 100 valence electrons. The highest BCUT2D eigenvalue weighted by Crippen LogP contribution is 2.28. The molecule has 0 aliphatic heterocycles. The molecule has 6 nitrogen and oxygen atoms in total. The average molecular weight is 255 g/mol. The van der Waals surface area contributed by atoms with E-state index in [1.54, 1.807) is 18.2 Å². The van der Waals surface area contributed by atoms with Crippen molar-refractivity contribution in [2.45, 2.75) is 12.6 Å². The Morgan fingerprint density at radius 2 is 2.11 bits per heavy atom. The van der Waals surface area contributed by atoms with Gasteiger partial charge in [0.2, 0.25) is 0 Å². The number of aliphatic hydroxyl groups excluding tert-OH is 1. The molecule has 0 aliphatic carbocycles. The first-order chi connectivity index (χ1) is 8.62. The maximum absolute atomic E-state index is 11.1. The van der Waals surface area contributed by atoms with Crippen LogP contribution in [-0.2, 0) is 16.1 Å². The molecule has 18 heavy (non-hydrogen) atoms. The minimum atomic E-state index is -0.850. The van der Waals surface area contributed by atoms with Crippen molar-refractivity contribution in [1.29, 1.82) is 0 Å². The van der Waals surface area contributed by atoms with Crippen molar-refractivity contribution in [2.24, 2.45) is 5.73 Å². The summed E-state index contributed by atoms with van der Waals surface area (Å²) in [6.07, 6.45) is 0. The molecular formula is C12H17NO5. The van der Waals surface area contributed by atoms with Crippen LogP contribution in [0.25, 0.3) is 0 Å². The number of nitrogens with two attached hydrogens (primary N) is 1. The Balaban J connectivity index is 2.69. The first-order valence-electron chi connectivity index (χ1n) is 5.36. The molecule has 0 aromatic heterocycles. The van der Waals surface area contributed by atoms with E-state index < -0.39 is 12.0 Å². The Labute approximate surface area is 105 Å². The van der Waals surface area contributed by atoms with Gasteiger partial charge in [-0.3, -0.25) is 4.79 Å². The predicted molar refractivity (Wildman–Crippen MR) is 64.4 cm³/mol. The van der Waals surface area contributed by atoms with Gasteiger partial charge in [-0.2, -0.15) is 0 Å². The summed E-state index contributed by atoms with van der Waals surface area (Å²) in [5.74, 6) is 0.383. The smallest absolute Gasteiger partial charge is 0.326 e. The minimum Gasteiger partial charge on any atom is -0.493 e. The predicted octanol–water partition coefficient (Wildman–Crippen LogP) is 0.0666. The summed E-state index contributed by atoms with van der Waals surface area (Å²) >= 11 is 0. The largest absolute Gasteiger partial charge is 0.493 e. The van der Waals surface area contributed by atoms with Gasteiger partial charge in [-0.05, 0) is 17.7 Å². The summed E-state index contributed by atoms with van der Waals surface area (Å²) in [5.41, 5.74) is 6.25. The van der Waals surface area contributed by atoms with E-state index in [2.05, 4.69) is 4.74 Å². The zero-order chi connectivity index (χ0) is 13.5. The van der Waals surface area contributed by atoms with E-state index >= 15 is 0 Å². The number of aliphatic hydroxyl groups is 1. The van der Waals surface area contributed by atoms with Gasteiger partial charge < -0.3 is 25.1 Å². The van der Waals surface area contributed by atoms with Gasteiger partial charge in [-0.1, -0.05) is 6.07 Å². The van der Waals surface area contributed by atoms with E-state index in [9.17, 15) is 4.79 Å². The molecule has 1 rings (SSSR count). The monoisotopic (exact) mass is 255 g/mol. The summed E-state index contributed by atoms with van der Waals surface area (Å²) in [7, 11) is 2.75. The second-order valence-corrected chi connectivity index (χ2v) is 3.58. The second-order valence-electron chi connectivity index (χ2n) is 3.58. The average Bonchev–Trinajstić information content (AvgIpc) is 2.43. The zero-order valence-corrected chi connectivity index (χ0v) is 10.4. The van der Waals surface area contributed by atoms with Gasteiger partial charge in [0.15, 0.2) is 11.5 Å². The minimum absolute atomic E-state index is 0.0124. The van der Waals surface area contributed by atoms with Crippen molar-refractivity contribution in [1.82, 2.24) is 0 Å². The third-order valence-electron chi connectivity index (χ3n) is 2.33. The number of ether oxygens (including phenoxy) is 3. The first kappa shape index (κ1) is 14.3. The molecule has 1 aromatic rings. The third kappa shape index (κ3) is 3.61. The molecule has 1 atom stereocenters. The van der Waals surface area contributed by atoms with Gasteiger partial charge in [0, 0.05) is 0 Å². The van der Waals surface area contributed by atoms with Crippen LogP contribution in [0.4, 0.5) is 0 Å². The van der Waals surface area contributed by atoms with Crippen LogP contribution in [0.2, 0.25) is 0 Å². The Morgan fingerprint density at radius 3 is 2.67 bits per heavy atom. The van der Waals surface area contributed by atoms with E-state index in [4.69, 9.17) is 20.3 Å². The van der Waals surface area contributed by atoms with Crippen molar-refractivity contribution >= 4 is 5.97 Å². The lowest BCUT2D eigenvalue weighted by Gasteiger charge is -2.14. The fourth-order valence-electron chi connectivity index (χ4n) is 1.33. The molecule has 3 N–H and O–H groups in total. The van der Waals surface area contributed by atoms with Crippen molar-refractivity contribution in [3.05, 3.63) is 23.8 Å². The number of carbonyl (C=O) groups is 1. The number of carbonyl (C=O) groups excluding carboxylic acids is 1. The lowest BCUT2D eigenvalue weighted by atomic mass is 10.2. The Morgan fingerprint density at radius 1 is 1.39 bits per heavy atom. The number of rotatable bonds is 6. The van der Waals surface area contributed by atoms with E-state index in [1.165, 1.54) is 14.2 Å². The van der Waals surface area contributed by atoms with Gasteiger partial charge >= 0.3 is 5.97 Å². The third-order valence-corrected chi connectivity index (χ3v) is 2.33. The van der Waals surface area contributed by atoms with Gasteiger partial charge in [0.25, 0.3) is 0 Å². The van der Waals surface area contributed by atoms with Crippen LogP contribution >= 0.6 is 0 Å². The van der Waals surface area contributed by atoms with Crippen molar-refractivity contribution in [3.8, 4) is 11.5 Å². The molecule has 6 heteroatoms. The summed E-state index contributed by atoms with van der Waals surface area (Å²) in [5, 5.41) is 8.99. The van der Waals surface area contributed by atoms with Crippen LogP contribution in [0, 0.1) is 0 Å². The molecule has 0 aliphatic rings.